The SMILES string of the molecule is COc1ccc(C2C(C(=O)OC(C)C)=C(C)N=c3s/c(=C/c4ccc(OC(C)=O)cc4)c(=O)n32)cc1. The van der Waals surface area contributed by atoms with E-state index in [0.29, 0.717) is 32.1 Å². The summed E-state index contributed by atoms with van der Waals surface area (Å²) in [6.45, 7) is 6.63. The van der Waals surface area contributed by atoms with Crippen molar-refractivity contribution in [3.8, 4) is 11.5 Å². The van der Waals surface area contributed by atoms with Crippen LogP contribution in [0.3, 0.4) is 0 Å². The highest BCUT2D eigenvalue weighted by atomic mass is 32.1. The molecule has 4 rings (SSSR count). The van der Waals surface area contributed by atoms with E-state index in [1.165, 1.54) is 22.8 Å². The summed E-state index contributed by atoms with van der Waals surface area (Å²) in [6.07, 6.45) is 1.42. The van der Waals surface area contributed by atoms with Gasteiger partial charge in [-0.1, -0.05) is 35.6 Å². The third kappa shape index (κ3) is 5.16. The number of carbonyl (C=O) groups excluding carboxylic acids is 2. The largest absolute Gasteiger partial charge is 0.497 e. The van der Waals surface area contributed by atoms with E-state index >= 15 is 0 Å². The number of aromatic nitrogens is 1. The number of benzene rings is 2. The Morgan fingerprint density at radius 3 is 2.28 bits per heavy atom. The van der Waals surface area contributed by atoms with Crippen LogP contribution in [0.4, 0.5) is 0 Å². The van der Waals surface area contributed by atoms with E-state index < -0.39 is 18.0 Å². The molecule has 8 nitrogen and oxygen atoms in total. The quantitative estimate of drug-likeness (QED) is 0.377. The fourth-order valence-electron chi connectivity index (χ4n) is 3.91. The van der Waals surface area contributed by atoms with Crippen molar-refractivity contribution >= 4 is 29.4 Å². The molecule has 2 aromatic carbocycles. The number of nitrogens with zero attached hydrogens (tertiary/aromatic N) is 2. The summed E-state index contributed by atoms with van der Waals surface area (Å²) in [5, 5.41) is 0. The first-order chi connectivity index (χ1) is 17.2. The molecule has 0 spiro atoms. The molecule has 3 aromatic rings. The van der Waals surface area contributed by atoms with Crippen molar-refractivity contribution in [2.24, 2.45) is 4.99 Å². The van der Waals surface area contributed by atoms with E-state index in [-0.39, 0.29) is 11.7 Å². The average Bonchev–Trinajstić information content (AvgIpc) is 3.13. The van der Waals surface area contributed by atoms with Gasteiger partial charge in [0, 0.05) is 6.92 Å². The number of ether oxygens (including phenoxy) is 3. The predicted molar refractivity (Wildman–Crippen MR) is 136 cm³/mol. The molecule has 0 bridgehead atoms. The van der Waals surface area contributed by atoms with E-state index in [4.69, 9.17) is 14.2 Å². The Balaban J connectivity index is 1.85. The monoisotopic (exact) mass is 506 g/mol. The summed E-state index contributed by atoms with van der Waals surface area (Å²) in [4.78, 5) is 43.0. The third-order valence-corrected chi connectivity index (χ3v) is 6.44. The number of methoxy groups -OCH3 is 1. The van der Waals surface area contributed by atoms with Gasteiger partial charge < -0.3 is 14.2 Å². The van der Waals surface area contributed by atoms with Gasteiger partial charge in [0.2, 0.25) is 0 Å². The molecule has 0 aliphatic carbocycles. The zero-order valence-electron chi connectivity index (χ0n) is 20.6. The van der Waals surface area contributed by atoms with Crippen LogP contribution in [0.25, 0.3) is 6.08 Å². The molecular formula is C27H26N2O6S. The molecule has 0 radical (unpaired) electrons. The second-order valence-corrected chi connectivity index (χ2v) is 9.48. The lowest BCUT2D eigenvalue weighted by Gasteiger charge is -2.25. The Bertz CT molecular complexity index is 1510. The standard InChI is InChI=1S/C27H26N2O6S/c1-15(2)34-26(32)23-16(3)28-27-29(24(23)19-8-12-20(33-5)13-9-19)25(31)22(36-27)14-18-6-10-21(11-7-18)35-17(4)30/h6-15,24H,1-5H3/b22-14+. The third-order valence-electron chi connectivity index (χ3n) is 5.46. The van der Waals surface area contributed by atoms with Gasteiger partial charge in [-0.25, -0.2) is 9.79 Å². The fraction of sp³-hybridized carbons (Fsp3) is 0.259. The molecule has 0 fully saturated rings. The molecule has 1 atom stereocenters. The molecule has 0 saturated heterocycles. The van der Waals surface area contributed by atoms with Gasteiger partial charge in [-0.2, -0.15) is 0 Å². The second kappa shape index (κ2) is 10.3. The molecule has 0 N–H and O–H groups in total. The predicted octanol–water partition coefficient (Wildman–Crippen LogP) is 3.12. The smallest absolute Gasteiger partial charge is 0.338 e. The topological polar surface area (TPSA) is 96.2 Å². The van der Waals surface area contributed by atoms with Gasteiger partial charge in [0.15, 0.2) is 4.80 Å². The van der Waals surface area contributed by atoms with E-state index in [2.05, 4.69) is 4.99 Å². The van der Waals surface area contributed by atoms with Crippen LogP contribution >= 0.6 is 11.3 Å². The molecule has 0 amide bonds. The van der Waals surface area contributed by atoms with E-state index in [9.17, 15) is 14.4 Å². The Kier molecular flexibility index (Phi) is 7.21. The fourth-order valence-corrected chi connectivity index (χ4v) is 4.96. The first kappa shape index (κ1) is 25.1. The van der Waals surface area contributed by atoms with Crippen LogP contribution in [-0.4, -0.2) is 29.7 Å². The van der Waals surface area contributed by atoms with Gasteiger partial charge in [0.1, 0.15) is 11.5 Å². The maximum absolute atomic E-state index is 13.6. The summed E-state index contributed by atoms with van der Waals surface area (Å²) in [7, 11) is 1.58. The lowest BCUT2D eigenvalue weighted by atomic mass is 9.96. The lowest BCUT2D eigenvalue weighted by Crippen LogP contribution is -2.40. The number of hydrogen-bond acceptors (Lipinski definition) is 8. The Hall–Kier alpha value is -3.98. The number of esters is 2. The van der Waals surface area contributed by atoms with Crippen molar-refractivity contribution in [2.75, 3.05) is 7.11 Å². The molecule has 0 saturated carbocycles. The van der Waals surface area contributed by atoms with Crippen molar-refractivity contribution in [2.45, 2.75) is 39.8 Å². The Labute approximate surface area is 211 Å². The minimum atomic E-state index is -0.702. The number of carbonyl (C=O) groups is 2. The van der Waals surface area contributed by atoms with Gasteiger partial charge in [-0.15, -0.1) is 0 Å². The zero-order valence-corrected chi connectivity index (χ0v) is 21.4. The van der Waals surface area contributed by atoms with Gasteiger partial charge >= 0.3 is 11.9 Å². The average molecular weight is 507 g/mol. The maximum Gasteiger partial charge on any atom is 0.338 e. The van der Waals surface area contributed by atoms with Crippen molar-refractivity contribution in [3.05, 3.63) is 90.6 Å². The summed E-state index contributed by atoms with van der Waals surface area (Å²) >= 11 is 1.24. The first-order valence-electron chi connectivity index (χ1n) is 11.3. The normalized spacial score (nSPS) is 15.4. The zero-order chi connectivity index (χ0) is 26.0. The van der Waals surface area contributed by atoms with Crippen LogP contribution in [0, 0.1) is 0 Å². The van der Waals surface area contributed by atoms with Gasteiger partial charge in [0.25, 0.3) is 5.56 Å². The molecule has 1 aliphatic heterocycles. The lowest BCUT2D eigenvalue weighted by molar-refractivity contribution is -0.143. The molecule has 1 aliphatic rings. The molecule has 1 aromatic heterocycles. The Morgan fingerprint density at radius 2 is 1.69 bits per heavy atom. The number of rotatable bonds is 6. The van der Waals surface area contributed by atoms with Gasteiger partial charge in [-0.05, 0) is 62.2 Å². The van der Waals surface area contributed by atoms with Crippen LogP contribution in [0.5, 0.6) is 11.5 Å². The van der Waals surface area contributed by atoms with Crippen molar-refractivity contribution in [3.63, 3.8) is 0 Å². The minimum absolute atomic E-state index is 0.272. The van der Waals surface area contributed by atoms with Crippen LogP contribution in [0.15, 0.2) is 69.6 Å². The minimum Gasteiger partial charge on any atom is -0.497 e. The number of allylic oxidation sites excluding steroid dienone is 1. The summed E-state index contributed by atoms with van der Waals surface area (Å²) in [5.41, 5.74) is 2.04. The van der Waals surface area contributed by atoms with E-state index in [1.807, 2.05) is 12.1 Å². The summed E-state index contributed by atoms with van der Waals surface area (Å²) < 4.78 is 17.9. The summed E-state index contributed by atoms with van der Waals surface area (Å²) in [5.74, 6) is 0.166. The van der Waals surface area contributed by atoms with Gasteiger partial charge in [-0.3, -0.25) is 14.2 Å². The van der Waals surface area contributed by atoms with Crippen LogP contribution in [-0.2, 0) is 14.3 Å². The van der Waals surface area contributed by atoms with Gasteiger partial charge in [0.05, 0.1) is 35.1 Å². The maximum atomic E-state index is 13.6. The molecule has 2 heterocycles. The Morgan fingerprint density at radius 1 is 1.06 bits per heavy atom. The molecule has 186 valence electrons. The van der Waals surface area contributed by atoms with Crippen LogP contribution in [0.1, 0.15) is 44.9 Å². The van der Waals surface area contributed by atoms with Crippen molar-refractivity contribution in [1.29, 1.82) is 0 Å². The van der Waals surface area contributed by atoms with Crippen molar-refractivity contribution in [1.82, 2.24) is 4.57 Å². The van der Waals surface area contributed by atoms with Crippen LogP contribution < -0.4 is 24.4 Å². The number of fused-ring (bicyclic) bond motifs is 1. The molecule has 1 unspecified atom stereocenters. The highest BCUT2D eigenvalue weighted by molar-refractivity contribution is 7.07. The first-order valence-corrected chi connectivity index (χ1v) is 12.2. The van der Waals surface area contributed by atoms with E-state index in [1.54, 1.807) is 70.4 Å². The molecule has 9 heteroatoms. The molecule has 36 heavy (non-hydrogen) atoms. The highest BCUT2D eigenvalue weighted by Gasteiger charge is 2.33. The van der Waals surface area contributed by atoms with E-state index in [0.717, 1.165) is 11.1 Å². The number of thiazole rings is 1. The highest BCUT2D eigenvalue weighted by Crippen LogP contribution is 2.31. The second-order valence-electron chi connectivity index (χ2n) is 8.47. The molecular weight excluding hydrogens is 480 g/mol. The van der Waals surface area contributed by atoms with Crippen LogP contribution in [0.2, 0.25) is 0 Å². The number of hydrogen-bond donors (Lipinski definition) is 0. The summed E-state index contributed by atoms with van der Waals surface area (Å²) in [6, 6.07) is 13.4. The van der Waals surface area contributed by atoms with Crippen molar-refractivity contribution < 1.29 is 23.8 Å².